The van der Waals surface area contributed by atoms with Crippen LogP contribution in [0.3, 0.4) is 0 Å². The summed E-state index contributed by atoms with van der Waals surface area (Å²) in [6, 6.07) is 6.91. The van der Waals surface area contributed by atoms with Gasteiger partial charge in [0.25, 0.3) is 5.91 Å². The molecule has 1 aromatic rings. The summed E-state index contributed by atoms with van der Waals surface area (Å²) in [6.45, 7) is 2.33. The fourth-order valence-electron chi connectivity index (χ4n) is 4.11. The van der Waals surface area contributed by atoms with Gasteiger partial charge in [-0.05, 0) is 24.3 Å². The molecule has 2 saturated heterocycles. The standard InChI is InChI=1S/C20H28N4O4/c1-21(2)19(27)24-10-9-23(13-20(14-24)11-17(25)22(3)12-20)18(26)15-5-7-16(28-4)8-6-15/h5-8H,9-14H2,1-4H3/t20-/m1/s1. The van der Waals surface area contributed by atoms with Crippen LogP contribution < -0.4 is 4.74 Å². The van der Waals surface area contributed by atoms with Crippen molar-refractivity contribution in [2.75, 3.05) is 61.0 Å². The monoisotopic (exact) mass is 388 g/mol. The molecule has 0 saturated carbocycles. The molecule has 0 N–H and O–H groups in total. The smallest absolute Gasteiger partial charge is 0.319 e. The van der Waals surface area contributed by atoms with Crippen molar-refractivity contribution in [2.45, 2.75) is 6.42 Å². The van der Waals surface area contributed by atoms with Crippen molar-refractivity contribution in [1.82, 2.24) is 19.6 Å². The minimum Gasteiger partial charge on any atom is -0.497 e. The van der Waals surface area contributed by atoms with Crippen molar-refractivity contribution in [3.05, 3.63) is 29.8 Å². The summed E-state index contributed by atoms with van der Waals surface area (Å²) in [5.74, 6) is 0.647. The molecule has 0 unspecified atom stereocenters. The fraction of sp³-hybridized carbons (Fsp3) is 0.550. The van der Waals surface area contributed by atoms with Gasteiger partial charge in [0.2, 0.25) is 5.91 Å². The van der Waals surface area contributed by atoms with Crippen molar-refractivity contribution in [2.24, 2.45) is 5.41 Å². The minimum absolute atomic E-state index is 0.0519. The Bertz CT molecular complexity index is 764. The molecule has 152 valence electrons. The molecular weight excluding hydrogens is 360 g/mol. The lowest BCUT2D eigenvalue weighted by Crippen LogP contribution is -2.47. The molecule has 0 aliphatic carbocycles. The van der Waals surface area contributed by atoms with Crippen LogP contribution in [-0.2, 0) is 4.79 Å². The van der Waals surface area contributed by atoms with Crippen LogP contribution in [0.4, 0.5) is 4.79 Å². The highest BCUT2D eigenvalue weighted by molar-refractivity contribution is 5.94. The molecule has 2 heterocycles. The number of carbonyl (C=O) groups is 3. The molecule has 8 nitrogen and oxygen atoms in total. The number of hydrogen-bond donors (Lipinski definition) is 0. The van der Waals surface area contributed by atoms with Crippen molar-refractivity contribution in [3.63, 3.8) is 0 Å². The molecule has 8 heteroatoms. The maximum absolute atomic E-state index is 13.1. The Balaban J connectivity index is 1.87. The minimum atomic E-state index is -0.448. The van der Waals surface area contributed by atoms with E-state index in [4.69, 9.17) is 4.74 Å². The maximum Gasteiger partial charge on any atom is 0.319 e. The zero-order chi connectivity index (χ0) is 20.5. The molecular formula is C20H28N4O4. The number of likely N-dealkylation sites (tertiary alicyclic amines) is 1. The van der Waals surface area contributed by atoms with E-state index in [0.29, 0.717) is 50.5 Å². The number of amides is 4. The van der Waals surface area contributed by atoms with Crippen LogP contribution in [0.2, 0.25) is 0 Å². The zero-order valence-corrected chi connectivity index (χ0v) is 17.0. The van der Waals surface area contributed by atoms with Gasteiger partial charge in [0, 0.05) is 71.3 Å². The van der Waals surface area contributed by atoms with Crippen LogP contribution in [0.1, 0.15) is 16.8 Å². The number of urea groups is 1. The van der Waals surface area contributed by atoms with E-state index in [1.165, 1.54) is 4.90 Å². The highest BCUT2D eigenvalue weighted by Crippen LogP contribution is 2.35. The van der Waals surface area contributed by atoms with Gasteiger partial charge in [0.05, 0.1) is 7.11 Å². The second-order valence-corrected chi connectivity index (χ2v) is 7.98. The summed E-state index contributed by atoms with van der Waals surface area (Å²) >= 11 is 0. The number of rotatable bonds is 2. The van der Waals surface area contributed by atoms with Crippen LogP contribution in [0.25, 0.3) is 0 Å². The predicted molar refractivity (Wildman–Crippen MR) is 104 cm³/mol. The van der Waals surface area contributed by atoms with Crippen molar-refractivity contribution in [3.8, 4) is 5.75 Å². The average molecular weight is 388 g/mol. The fourth-order valence-corrected chi connectivity index (χ4v) is 4.11. The summed E-state index contributed by atoms with van der Waals surface area (Å²) in [6.07, 6.45) is 0.340. The molecule has 1 atom stereocenters. The first-order valence-electron chi connectivity index (χ1n) is 9.38. The van der Waals surface area contributed by atoms with E-state index in [1.807, 2.05) is 0 Å². The van der Waals surface area contributed by atoms with Gasteiger partial charge in [-0.15, -0.1) is 0 Å². The molecule has 2 fully saturated rings. The van der Waals surface area contributed by atoms with Gasteiger partial charge in [-0.3, -0.25) is 9.59 Å². The molecule has 1 spiro atoms. The van der Waals surface area contributed by atoms with Gasteiger partial charge in [-0.2, -0.15) is 0 Å². The first-order chi connectivity index (χ1) is 13.2. The quantitative estimate of drug-likeness (QED) is 0.757. The third-order valence-corrected chi connectivity index (χ3v) is 5.49. The van der Waals surface area contributed by atoms with Crippen LogP contribution in [0.15, 0.2) is 24.3 Å². The van der Waals surface area contributed by atoms with Crippen LogP contribution >= 0.6 is 0 Å². The lowest BCUT2D eigenvalue weighted by molar-refractivity contribution is -0.126. The SMILES string of the molecule is COc1ccc(C(=O)N2CCN(C(=O)N(C)C)C[C@@]3(CC(=O)N(C)C3)C2)cc1. The maximum atomic E-state index is 13.1. The Morgan fingerprint density at radius 3 is 2.18 bits per heavy atom. The molecule has 3 rings (SSSR count). The Labute approximate surface area is 165 Å². The highest BCUT2D eigenvalue weighted by Gasteiger charge is 2.47. The normalized spacial score (nSPS) is 22.4. The number of hydrogen-bond acceptors (Lipinski definition) is 4. The zero-order valence-electron chi connectivity index (χ0n) is 17.0. The van der Waals surface area contributed by atoms with Gasteiger partial charge in [-0.25, -0.2) is 4.79 Å². The molecule has 4 amide bonds. The molecule has 28 heavy (non-hydrogen) atoms. The highest BCUT2D eigenvalue weighted by atomic mass is 16.5. The summed E-state index contributed by atoms with van der Waals surface area (Å²) in [7, 11) is 6.78. The molecule has 0 radical (unpaired) electrons. The van der Waals surface area contributed by atoms with E-state index >= 15 is 0 Å². The topological polar surface area (TPSA) is 73.4 Å². The molecule has 1 aromatic carbocycles. The van der Waals surface area contributed by atoms with E-state index in [-0.39, 0.29) is 17.8 Å². The Kier molecular flexibility index (Phi) is 5.49. The first kappa shape index (κ1) is 20.0. The van der Waals surface area contributed by atoms with E-state index < -0.39 is 5.41 Å². The summed E-state index contributed by atoms with van der Waals surface area (Å²) in [5, 5.41) is 0. The van der Waals surface area contributed by atoms with Gasteiger partial charge >= 0.3 is 6.03 Å². The lowest BCUT2D eigenvalue weighted by Gasteiger charge is -2.34. The lowest BCUT2D eigenvalue weighted by atomic mass is 9.86. The van der Waals surface area contributed by atoms with E-state index in [0.717, 1.165) is 0 Å². The molecule has 0 aromatic heterocycles. The van der Waals surface area contributed by atoms with Crippen LogP contribution in [0.5, 0.6) is 5.75 Å². The van der Waals surface area contributed by atoms with Crippen LogP contribution in [0, 0.1) is 5.41 Å². The first-order valence-corrected chi connectivity index (χ1v) is 9.38. The van der Waals surface area contributed by atoms with Crippen molar-refractivity contribution in [1.29, 1.82) is 0 Å². The second-order valence-electron chi connectivity index (χ2n) is 7.98. The summed E-state index contributed by atoms with van der Waals surface area (Å²) in [5.41, 5.74) is 0.122. The predicted octanol–water partition coefficient (Wildman–Crippen LogP) is 0.983. The largest absolute Gasteiger partial charge is 0.497 e. The number of methoxy groups -OCH3 is 1. The third-order valence-electron chi connectivity index (χ3n) is 5.49. The van der Waals surface area contributed by atoms with Gasteiger partial charge in [0.1, 0.15) is 5.75 Å². The summed E-state index contributed by atoms with van der Waals surface area (Å²) < 4.78 is 5.16. The average Bonchev–Trinajstić information content (AvgIpc) is 2.84. The van der Waals surface area contributed by atoms with E-state index in [9.17, 15) is 14.4 Å². The third kappa shape index (κ3) is 3.90. The number of benzene rings is 1. The molecule has 0 bridgehead atoms. The number of nitrogens with zero attached hydrogens (tertiary/aromatic N) is 4. The Morgan fingerprint density at radius 2 is 1.64 bits per heavy atom. The van der Waals surface area contributed by atoms with Crippen molar-refractivity contribution < 1.29 is 19.1 Å². The van der Waals surface area contributed by atoms with Gasteiger partial charge in [0.15, 0.2) is 0 Å². The van der Waals surface area contributed by atoms with Gasteiger partial charge in [-0.1, -0.05) is 0 Å². The van der Waals surface area contributed by atoms with Crippen LogP contribution in [-0.4, -0.2) is 98.4 Å². The van der Waals surface area contributed by atoms with Gasteiger partial charge < -0.3 is 24.3 Å². The number of carbonyl (C=O) groups excluding carboxylic acids is 3. The van der Waals surface area contributed by atoms with E-state index in [2.05, 4.69) is 0 Å². The summed E-state index contributed by atoms with van der Waals surface area (Å²) in [4.78, 5) is 44.8. The second kappa shape index (κ2) is 7.69. The Morgan fingerprint density at radius 1 is 1.04 bits per heavy atom. The van der Waals surface area contributed by atoms with Crippen molar-refractivity contribution >= 4 is 17.8 Å². The number of ether oxygens (including phenoxy) is 1. The Hall–Kier alpha value is -2.77. The molecule has 2 aliphatic heterocycles. The van der Waals surface area contributed by atoms with E-state index in [1.54, 1.807) is 67.2 Å². The molecule has 2 aliphatic rings.